The molecule has 3 heteroatoms. The van der Waals surface area contributed by atoms with Gasteiger partial charge in [0.15, 0.2) is 0 Å². The summed E-state index contributed by atoms with van der Waals surface area (Å²) in [5, 5.41) is 3.14. The van der Waals surface area contributed by atoms with E-state index in [0.29, 0.717) is 18.5 Å². The summed E-state index contributed by atoms with van der Waals surface area (Å²) in [6, 6.07) is 10.5. The van der Waals surface area contributed by atoms with Gasteiger partial charge in [0.25, 0.3) is 0 Å². The highest BCUT2D eigenvalue weighted by Gasteiger charge is 2.25. The average Bonchev–Trinajstić information content (AvgIpc) is 2.76. The molecule has 1 N–H and O–H groups in total. The van der Waals surface area contributed by atoms with Crippen molar-refractivity contribution in [1.82, 2.24) is 10.2 Å². The highest BCUT2D eigenvalue weighted by molar-refractivity contribution is 5.74. The summed E-state index contributed by atoms with van der Waals surface area (Å²) in [6.07, 6.45) is 3.58. The van der Waals surface area contributed by atoms with Gasteiger partial charge in [-0.1, -0.05) is 43.7 Å². The van der Waals surface area contributed by atoms with Gasteiger partial charge in [-0.15, -0.1) is 0 Å². The number of nitrogens with zero attached hydrogens (tertiary/aromatic N) is 1. The van der Waals surface area contributed by atoms with Crippen molar-refractivity contribution < 1.29 is 4.79 Å². The number of hydrogen-bond donors (Lipinski definition) is 1. The van der Waals surface area contributed by atoms with Crippen LogP contribution in [0.1, 0.15) is 31.7 Å². The van der Waals surface area contributed by atoms with E-state index in [1.807, 2.05) is 37.4 Å². The minimum Gasteiger partial charge on any atom is -0.335 e. The fourth-order valence-corrected chi connectivity index (χ4v) is 2.56. The summed E-state index contributed by atoms with van der Waals surface area (Å²) >= 11 is 0. The average molecular weight is 246 g/mol. The molecule has 0 aromatic heterocycles. The second-order valence-electron chi connectivity index (χ2n) is 5.31. The molecular weight excluding hydrogens is 224 g/mol. The van der Waals surface area contributed by atoms with E-state index in [1.54, 1.807) is 4.90 Å². The van der Waals surface area contributed by atoms with Crippen molar-refractivity contribution in [2.75, 3.05) is 7.05 Å². The van der Waals surface area contributed by atoms with Gasteiger partial charge in [0.2, 0.25) is 0 Å². The molecule has 1 aliphatic carbocycles. The van der Waals surface area contributed by atoms with E-state index in [-0.39, 0.29) is 6.03 Å². The molecule has 0 radical (unpaired) electrons. The van der Waals surface area contributed by atoms with Crippen molar-refractivity contribution in [1.29, 1.82) is 0 Å². The maximum absolute atomic E-state index is 12.1. The lowest BCUT2D eigenvalue weighted by Crippen LogP contribution is -2.43. The Hall–Kier alpha value is -1.51. The fourth-order valence-electron chi connectivity index (χ4n) is 2.56. The number of nitrogens with one attached hydrogen (secondary N) is 1. The molecule has 0 bridgehead atoms. The molecular formula is C15H22N2O. The number of amides is 2. The molecule has 1 aliphatic rings. The lowest BCUT2D eigenvalue weighted by Gasteiger charge is -2.23. The zero-order valence-corrected chi connectivity index (χ0v) is 11.2. The Bertz CT molecular complexity index is 391. The Morgan fingerprint density at radius 1 is 1.33 bits per heavy atom. The van der Waals surface area contributed by atoms with E-state index in [9.17, 15) is 4.79 Å². The quantitative estimate of drug-likeness (QED) is 0.873. The van der Waals surface area contributed by atoms with Crippen LogP contribution in [0, 0.1) is 5.92 Å². The number of benzene rings is 1. The molecule has 2 amide bonds. The molecule has 0 heterocycles. The van der Waals surface area contributed by atoms with Crippen molar-refractivity contribution in [2.24, 2.45) is 5.92 Å². The molecule has 1 saturated carbocycles. The van der Waals surface area contributed by atoms with Crippen molar-refractivity contribution in [3.63, 3.8) is 0 Å². The zero-order valence-electron chi connectivity index (χ0n) is 11.2. The third-order valence-corrected chi connectivity index (χ3v) is 3.78. The summed E-state index contributed by atoms with van der Waals surface area (Å²) in [5.74, 6) is 0.610. The number of hydrogen-bond acceptors (Lipinski definition) is 1. The van der Waals surface area contributed by atoms with Crippen LogP contribution in [-0.4, -0.2) is 24.0 Å². The maximum atomic E-state index is 12.1. The molecule has 0 spiro atoms. The van der Waals surface area contributed by atoms with Crippen molar-refractivity contribution >= 4 is 6.03 Å². The summed E-state index contributed by atoms with van der Waals surface area (Å²) in [6.45, 7) is 2.88. The number of rotatable bonds is 3. The van der Waals surface area contributed by atoms with Crippen LogP contribution in [-0.2, 0) is 6.54 Å². The third kappa shape index (κ3) is 3.25. The van der Waals surface area contributed by atoms with E-state index >= 15 is 0 Å². The van der Waals surface area contributed by atoms with Crippen LogP contribution in [0.2, 0.25) is 0 Å². The second-order valence-corrected chi connectivity index (χ2v) is 5.31. The fraction of sp³-hybridized carbons (Fsp3) is 0.533. The molecule has 1 aromatic rings. The number of urea groups is 1. The van der Waals surface area contributed by atoms with E-state index in [0.717, 1.165) is 12.0 Å². The lowest BCUT2D eigenvalue weighted by atomic mass is 10.1. The minimum absolute atomic E-state index is 0.0394. The molecule has 1 aromatic carbocycles. The molecule has 2 unspecified atom stereocenters. The minimum atomic E-state index is 0.0394. The van der Waals surface area contributed by atoms with E-state index < -0.39 is 0 Å². The molecule has 0 saturated heterocycles. The highest BCUT2D eigenvalue weighted by atomic mass is 16.2. The number of carbonyl (C=O) groups excluding carboxylic acids is 1. The van der Waals surface area contributed by atoms with Crippen LogP contribution in [0.25, 0.3) is 0 Å². The molecule has 3 nitrogen and oxygen atoms in total. The predicted octanol–water partition coefficient (Wildman–Crippen LogP) is 3.02. The van der Waals surface area contributed by atoms with Gasteiger partial charge in [0, 0.05) is 19.6 Å². The smallest absolute Gasteiger partial charge is 0.317 e. The van der Waals surface area contributed by atoms with Crippen molar-refractivity contribution in [2.45, 2.75) is 38.8 Å². The van der Waals surface area contributed by atoms with Gasteiger partial charge in [0.1, 0.15) is 0 Å². The Morgan fingerprint density at radius 3 is 2.67 bits per heavy atom. The lowest BCUT2D eigenvalue weighted by molar-refractivity contribution is 0.200. The van der Waals surface area contributed by atoms with Gasteiger partial charge in [-0.3, -0.25) is 0 Å². The van der Waals surface area contributed by atoms with E-state index in [4.69, 9.17) is 0 Å². The van der Waals surface area contributed by atoms with Crippen molar-refractivity contribution in [3.05, 3.63) is 35.9 Å². The van der Waals surface area contributed by atoms with Crippen LogP contribution in [0.5, 0.6) is 0 Å². The topological polar surface area (TPSA) is 32.3 Å². The van der Waals surface area contributed by atoms with Crippen LogP contribution in [0.3, 0.4) is 0 Å². The molecule has 2 atom stereocenters. The Morgan fingerprint density at radius 2 is 2.06 bits per heavy atom. The largest absolute Gasteiger partial charge is 0.335 e. The van der Waals surface area contributed by atoms with Gasteiger partial charge in [-0.05, 0) is 24.3 Å². The first-order chi connectivity index (χ1) is 8.66. The van der Waals surface area contributed by atoms with Crippen LogP contribution in [0.4, 0.5) is 4.79 Å². The summed E-state index contributed by atoms with van der Waals surface area (Å²) in [5.41, 5.74) is 1.16. The monoisotopic (exact) mass is 246 g/mol. The second kappa shape index (κ2) is 5.89. The van der Waals surface area contributed by atoms with Gasteiger partial charge in [-0.25, -0.2) is 4.79 Å². The van der Waals surface area contributed by atoms with Gasteiger partial charge < -0.3 is 10.2 Å². The summed E-state index contributed by atoms with van der Waals surface area (Å²) in [4.78, 5) is 13.8. The summed E-state index contributed by atoms with van der Waals surface area (Å²) in [7, 11) is 1.85. The van der Waals surface area contributed by atoms with Gasteiger partial charge in [0.05, 0.1) is 0 Å². The zero-order chi connectivity index (χ0) is 13.0. The first kappa shape index (κ1) is 12.9. The van der Waals surface area contributed by atoms with Crippen LogP contribution >= 0.6 is 0 Å². The first-order valence-electron chi connectivity index (χ1n) is 6.72. The van der Waals surface area contributed by atoms with Gasteiger partial charge in [-0.2, -0.15) is 0 Å². The third-order valence-electron chi connectivity index (χ3n) is 3.78. The molecule has 0 aliphatic heterocycles. The van der Waals surface area contributed by atoms with E-state index in [1.165, 1.54) is 12.8 Å². The van der Waals surface area contributed by atoms with Crippen LogP contribution in [0.15, 0.2) is 30.3 Å². The predicted molar refractivity (Wildman–Crippen MR) is 73.2 cm³/mol. The van der Waals surface area contributed by atoms with E-state index in [2.05, 4.69) is 12.2 Å². The van der Waals surface area contributed by atoms with Crippen LogP contribution < -0.4 is 5.32 Å². The standard InChI is InChI=1S/C15H22N2O/c1-12-7-6-10-14(12)16-15(18)17(2)11-13-8-4-3-5-9-13/h3-5,8-9,12,14H,6-7,10-11H2,1-2H3,(H,16,18). The molecule has 2 rings (SSSR count). The highest BCUT2D eigenvalue weighted by Crippen LogP contribution is 2.24. The van der Waals surface area contributed by atoms with Crippen molar-refractivity contribution in [3.8, 4) is 0 Å². The maximum Gasteiger partial charge on any atom is 0.317 e. The normalized spacial score (nSPS) is 22.8. The Labute approximate surface area is 109 Å². The molecule has 98 valence electrons. The Kier molecular flexibility index (Phi) is 4.24. The molecule has 1 fully saturated rings. The summed E-state index contributed by atoms with van der Waals surface area (Å²) < 4.78 is 0. The number of carbonyl (C=O) groups is 1. The molecule has 18 heavy (non-hydrogen) atoms. The first-order valence-corrected chi connectivity index (χ1v) is 6.72. The van der Waals surface area contributed by atoms with Gasteiger partial charge >= 0.3 is 6.03 Å². The Balaban J connectivity index is 1.85. The SMILES string of the molecule is CC1CCCC1NC(=O)N(C)Cc1ccccc1.